The Hall–Kier alpha value is -2.87. The van der Waals surface area contributed by atoms with Crippen molar-refractivity contribution in [2.45, 2.75) is 0 Å². The highest BCUT2D eigenvalue weighted by Gasteiger charge is 2.26. The van der Waals surface area contributed by atoms with E-state index < -0.39 is 0 Å². The second-order valence-corrected chi connectivity index (χ2v) is 6.49. The molecule has 1 aromatic carbocycles. The van der Waals surface area contributed by atoms with E-state index in [1.54, 1.807) is 11.8 Å². The standard InChI is InChI=1S/C17H15N5O2S/c1-21-15(23)7-6-13(20-21)16(24)19-12-4-2-11(3-5-12)14-10-25-17-18-8-9-22(14)17/h2-7,10H,8-9H2,1H3,(H,19,24). The number of hydrogen-bond acceptors (Lipinski definition) is 6. The molecule has 0 saturated carbocycles. The third-order valence-corrected chi connectivity index (χ3v) is 4.90. The molecule has 1 N–H and O–H groups in total. The van der Waals surface area contributed by atoms with Crippen molar-refractivity contribution >= 4 is 34.2 Å². The second kappa shape index (κ2) is 6.21. The number of rotatable bonds is 3. The molecule has 0 atom stereocenters. The summed E-state index contributed by atoms with van der Waals surface area (Å²) in [5.41, 5.74) is 2.83. The van der Waals surface area contributed by atoms with E-state index in [4.69, 9.17) is 0 Å². The molecule has 2 aliphatic heterocycles. The van der Waals surface area contributed by atoms with Crippen LogP contribution < -0.4 is 10.9 Å². The summed E-state index contributed by atoms with van der Waals surface area (Å²) in [7, 11) is 1.51. The van der Waals surface area contributed by atoms with Crippen molar-refractivity contribution in [2.24, 2.45) is 12.0 Å². The highest BCUT2D eigenvalue weighted by atomic mass is 32.2. The summed E-state index contributed by atoms with van der Waals surface area (Å²) in [6, 6.07) is 10.4. The largest absolute Gasteiger partial charge is 0.321 e. The van der Waals surface area contributed by atoms with E-state index in [-0.39, 0.29) is 17.2 Å². The van der Waals surface area contributed by atoms with Crippen LogP contribution in [0.2, 0.25) is 0 Å². The van der Waals surface area contributed by atoms with Gasteiger partial charge in [0.25, 0.3) is 11.5 Å². The minimum atomic E-state index is -0.354. The van der Waals surface area contributed by atoms with Gasteiger partial charge in [0.1, 0.15) is 5.69 Å². The van der Waals surface area contributed by atoms with E-state index in [0.717, 1.165) is 34.2 Å². The van der Waals surface area contributed by atoms with Gasteiger partial charge in [0.05, 0.1) is 12.2 Å². The van der Waals surface area contributed by atoms with E-state index >= 15 is 0 Å². The minimum absolute atomic E-state index is 0.194. The molecule has 1 aromatic heterocycles. The number of nitrogens with zero attached hydrogens (tertiary/aromatic N) is 4. The highest BCUT2D eigenvalue weighted by Crippen LogP contribution is 2.35. The van der Waals surface area contributed by atoms with E-state index in [2.05, 4.69) is 25.7 Å². The fourth-order valence-corrected chi connectivity index (χ4v) is 3.65. The van der Waals surface area contributed by atoms with Gasteiger partial charge in [-0.15, -0.1) is 0 Å². The maximum absolute atomic E-state index is 12.2. The minimum Gasteiger partial charge on any atom is -0.321 e. The van der Waals surface area contributed by atoms with Crippen LogP contribution in [0.3, 0.4) is 0 Å². The number of aliphatic imine (C=N–C) groups is 1. The van der Waals surface area contributed by atoms with E-state index in [1.165, 1.54) is 19.2 Å². The van der Waals surface area contributed by atoms with Gasteiger partial charge in [-0.05, 0) is 23.8 Å². The number of carbonyl (C=O) groups is 1. The lowest BCUT2D eigenvalue weighted by Crippen LogP contribution is -2.23. The molecule has 0 fully saturated rings. The van der Waals surface area contributed by atoms with Gasteiger partial charge < -0.3 is 10.2 Å². The molecule has 1 amide bonds. The number of fused-ring (bicyclic) bond motifs is 1. The molecule has 126 valence electrons. The van der Waals surface area contributed by atoms with Gasteiger partial charge in [0.15, 0.2) is 5.17 Å². The first-order valence-electron chi connectivity index (χ1n) is 7.77. The monoisotopic (exact) mass is 353 g/mol. The third kappa shape index (κ3) is 2.96. The van der Waals surface area contributed by atoms with Crippen LogP contribution in [0, 0.1) is 0 Å². The lowest BCUT2D eigenvalue weighted by atomic mass is 10.1. The highest BCUT2D eigenvalue weighted by molar-refractivity contribution is 8.16. The third-order valence-electron chi connectivity index (χ3n) is 4.00. The van der Waals surface area contributed by atoms with Crippen LogP contribution in [-0.2, 0) is 7.05 Å². The number of aryl methyl sites for hydroxylation is 1. The summed E-state index contributed by atoms with van der Waals surface area (Å²) < 4.78 is 1.14. The molecule has 0 bridgehead atoms. The predicted octanol–water partition coefficient (Wildman–Crippen LogP) is 1.75. The second-order valence-electron chi connectivity index (χ2n) is 5.65. The smallest absolute Gasteiger partial charge is 0.276 e. The Bertz CT molecular complexity index is 962. The molecular weight excluding hydrogens is 338 g/mol. The fraction of sp³-hybridized carbons (Fsp3) is 0.176. The van der Waals surface area contributed by atoms with Crippen molar-refractivity contribution in [1.82, 2.24) is 14.7 Å². The molecular formula is C17H15N5O2S. The number of thioether (sulfide) groups is 1. The van der Waals surface area contributed by atoms with Crippen LogP contribution >= 0.6 is 11.8 Å². The first kappa shape index (κ1) is 15.6. The van der Waals surface area contributed by atoms with Crippen molar-refractivity contribution in [3.8, 4) is 0 Å². The Balaban J connectivity index is 1.49. The van der Waals surface area contributed by atoms with Gasteiger partial charge in [-0.1, -0.05) is 23.9 Å². The van der Waals surface area contributed by atoms with Crippen LogP contribution in [0.1, 0.15) is 16.1 Å². The van der Waals surface area contributed by atoms with Crippen molar-refractivity contribution < 1.29 is 4.79 Å². The van der Waals surface area contributed by atoms with E-state index in [9.17, 15) is 9.59 Å². The molecule has 8 heteroatoms. The number of nitrogens with one attached hydrogen (secondary N) is 1. The van der Waals surface area contributed by atoms with Gasteiger partial charge in [-0.25, -0.2) is 4.68 Å². The molecule has 0 spiro atoms. The SMILES string of the molecule is Cn1nc(C(=O)Nc2ccc(C3=CSC4=NCCN34)cc2)ccc1=O. The Morgan fingerprint density at radius 2 is 2.00 bits per heavy atom. The normalized spacial score (nSPS) is 15.6. The Morgan fingerprint density at radius 1 is 1.20 bits per heavy atom. The molecule has 0 radical (unpaired) electrons. The Morgan fingerprint density at radius 3 is 2.76 bits per heavy atom. The summed E-state index contributed by atoms with van der Waals surface area (Å²) in [6.07, 6.45) is 0. The van der Waals surface area contributed by atoms with Crippen LogP contribution in [-0.4, -0.2) is 38.8 Å². The quantitative estimate of drug-likeness (QED) is 0.909. The maximum atomic E-state index is 12.2. The zero-order valence-electron chi connectivity index (χ0n) is 13.5. The molecule has 0 saturated heterocycles. The number of benzene rings is 1. The van der Waals surface area contributed by atoms with Crippen molar-refractivity contribution in [3.05, 3.63) is 63.4 Å². The topological polar surface area (TPSA) is 79.6 Å². The average Bonchev–Trinajstić information content (AvgIpc) is 3.21. The van der Waals surface area contributed by atoms with E-state index in [0.29, 0.717) is 5.69 Å². The summed E-state index contributed by atoms with van der Waals surface area (Å²) in [5.74, 6) is -0.354. The number of aromatic nitrogens is 2. The van der Waals surface area contributed by atoms with Crippen molar-refractivity contribution in [3.63, 3.8) is 0 Å². The van der Waals surface area contributed by atoms with Gasteiger partial charge >= 0.3 is 0 Å². The molecule has 4 rings (SSSR count). The summed E-state index contributed by atoms with van der Waals surface area (Å²) >= 11 is 1.64. The first-order valence-corrected chi connectivity index (χ1v) is 8.65. The van der Waals surface area contributed by atoms with Gasteiger partial charge in [0, 0.05) is 30.8 Å². The molecule has 2 aliphatic rings. The number of anilines is 1. The van der Waals surface area contributed by atoms with E-state index in [1.807, 2.05) is 24.3 Å². The lowest BCUT2D eigenvalue weighted by molar-refractivity contribution is 0.102. The number of amides is 1. The summed E-state index contributed by atoms with van der Waals surface area (Å²) in [4.78, 5) is 30.2. The molecule has 0 aliphatic carbocycles. The van der Waals surface area contributed by atoms with Crippen LogP contribution in [0.4, 0.5) is 5.69 Å². The van der Waals surface area contributed by atoms with Crippen molar-refractivity contribution in [2.75, 3.05) is 18.4 Å². The zero-order chi connectivity index (χ0) is 17.4. The Kier molecular flexibility index (Phi) is 3.89. The number of carbonyl (C=O) groups excluding carboxylic acids is 1. The number of amidine groups is 1. The summed E-state index contributed by atoms with van der Waals surface area (Å²) in [5, 5.41) is 9.88. The van der Waals surface area contributed by atoms with Crippen molar-refractivity contribution in [1.29, 1.82) is 0 Å². The van der Waals surface area contributed by atoms with Crippen LogP contribution in [0.5, 0.6) is 0 Å². The van der Waals surface area contributed by atoms with Crippen LogP contribution in [0.25, 0.3) is 5.70 Å². The van der Waals surface area contributed by atoms with Gasteiger partial charge in [-0.2, -0.15) is 5.10 Å². The zero-order valence-corrected chi connectivity index (χ0v) is 14.3. The number of hydrogen-bond donors (Lipinski definition) is 1. The lowest BCUT2D eigenvalue weighted by Gasteiger charge is -2.16. The maximum Gasteiger partial charge on any atom is 0.276 e. The van der Waals surface area contributed by atoms with Gasteiger partial charge in [0.2, 0.25) is 0 Å². The summed E-state index contributed by atoms with van der Waals surface area (Å²) in [6.45, 7) is 1.74. The molecule has 2 aromatic rings. The van der Waals surface area contributed by atoms with Crippen LogP contribution in [0.15, 0.2) is 51.6 Å². The predicted molar refractivity (Wildman–Crippen MR) is 98.4 cm³/mol. The first-order chi connectivity index (χ1) is 12.1. The molecule has 0 unspecified atom stereocenters. The fourth-order valence-electron chi connectivity index (χ4n) is 2.69. The molecule has 7 nitrogen and oxygen atoms in total. The Labute approximate surface area is 148 Å². The molecule has 25 heavy (non-hydrogen) atoms. The molecule has 3 heterocycles. The van der Waals surface area contributed by atoms with Gasteiger partial charge in [-0.3, -0.25) is 14.6 Å². The average molecular weight is 353 g/mol.